The van der Waals surface area contributed by atoms with Crippen molar-refractivity contribution in [2.24, 2.45) is 0 Å². The highest BCUT2D eigenvalue weighted by molar-refractivity contribution is 9.10. The number of halogens is 1. The molecule has 0 bridgehead atoms. The molecule has 6 heteroatoms. The molecule has 2 N–H and O–H groups in total. The molecule has 0 aliphatic rings. The molecular weight excluding hydrogens is 404 g/mol. The van der Waals surface area contributed by atoms with Gasteiger partial charge in [0, 0.05) is 16.9 Å². The number of hydrogen-bond donors (Lipinski definition) is 2. The molecule has 0 radical (unpaired) electrons. The van der Waals surface area contributed by atoms with E-state index in [0.717, 1.165) is 26.9 Å². The van der Waals surface area contributed by atoms with E-state index in [1.165, 1.54) is 0 Å². The number of imidazole rings is 1. The Kier molecular flexibility index (Phi) is 4.98. The second-order valence-corrected chi connectivity index (χ2v) is 7.16. The predicted octanol–water partition coefficient (Wildman–Crippen LogP) is 4.43. The van der Waals surface area contributed by atoms with Crippen molar-refractivity contribution >= 4 is 32.9 Å². The fourth-order valence-electron chi connectivity index (χ4n) is 2.98. The molecule has 0 saturated heterocycles. The van der Waals surface area contributed by atoms with E-state index in [-0.39, 0.29) is 11.9 Å². The van der Waals surface area contributed by atoms with Crippen LogP contribution in [0.3, 0.4) is 0 Å². The van der Waals surface area contributed by atoms with E-state index >= 15 is 0 Å². The first-order chi connectivity index (χ1) is 13.2. The average molecular weight is 421 g/mol. The number of fused-ring (bicyclic) bond motifs is 1. The molecule has 4 rings (SSSR count). The van der Waals surface area contributed by atoms with Crippen LogP contribution < -0.4 is 5.32 Å². The fraction of sp³-hybridized carbons (Fsp3) is 0.0952. The molecule has 0 unspecified atom stereocenters. The lowest BCUT2D eigenvalue weighted by molar-refractivity contribution is 0.0934. The monoisotopic (exact) mass is 420 g/mol. The molecule has 134 valence electrons. The maximum Gasteiger partial charge on any atom is 0.253 e. The third-order valence-electron chi connectivity index (χ3n) is 4.29. The first-order valence-electron chi connectivity index (χ1n) is 8.59. The van der Waals surface area contributed by atoms with Crippen LogP contribution in [0.25, 0.3) is 11.0 Å². The maximum atomic E-state index is 12.8. The summed E-state index contributed by atoms with van der Waals surface area (Å²) in [4.78, 5) is 24.9. The van der Waals surface area contributed by atoms with Gasteiger partial charge in [-0.05, 0) is 46.1 Å². The number of aromatic nitrogens is 3. The third-order valence-corrected chi connectivity index (χ3v) is 4.73. The smallest absolute Gasteiger partial charge is 0.253 e. The molecule has 2 heterocycles. The van der Waals surface area contributed by atoms with Crippen molar-refractivity contribution in [2.75, 3.05) is 0 Å². The number of hydrogen-bond acceptors (Lipinski definition) is 3. The van der Waals surface area contributed by atoms with Gasteiger partial charge in [0.25, 0.3) is 5.91 Å². The number of carbonyl (C=O) groups is 1. The normalized spacial score (nSPS) is 12.0. The van der Waals surface area contributed by atoms with E-state index in [0.29, 0.717) is 12.0 Å². The van der Waals surface area contributed by atoms with Gasteiger partial charge >= 0.3 is 0 Å². The van der Waals surface area contributed by atoms with Gasteiger partial charge in [-0.25, -0.2) is 4.98 Å². The van der Waals surface area contributed by atoms with Crippen LogP contribution in [0, 0.1) is 0 Å². The predicted molar refractivity (Wildman–Crippen MR) is 108 cm³/mol. The van der Waals surface area contributed by atoms with Crippen LogP contribution in [0.1, 0.15) is 27.8 Å². The minimum atomic E-state index is -0.286. The average Bonchev–Trinajstić information content (AvgIpc) is 3.12. The molecule has 5 nitrogen and oxygen atoms in total. The van der Waals surface area contributed by atoms with Gasteiger partial charge in [-0.15, -0.1) is 0 Å². The van der Waals surface area contributed by atoms with Crippen LogP contribution in [0.2, 0.25) is 0 Å². The first kappa shape index (κ1) is 17.4. The highest BCUT2D eigenvalue weighted by Gasteiger charge is 2.20. The number of carbonyl (C=O) groups excluding carboxylic acids is 1. The summed E-state index contributed by atoms with van der Waals surface area (Å²) in [6.07, 6.45) is 3.84. The number of aromatic amines is 1. The minimum Gasteiger partial charge on any atom is -0.342 e. The lowest BCUT2D eigenvalue weighted by Crippen LogP contribution is -2.30. The van der Waals surface area contributed by atoms with Crippen molar-refractivity contribution in [3.05, 3.63) is 94.5 Å². The van der Waals surface area contributed by atoms with Crippen LogP contribution in [0.5, 0.6) is 0 Å². The van der Waals surface area contributed by atoms with Gasteiger partial charge in [-0.1, -0.05) is 42.5 Å². The number of pyridine rings is 1. The van der Waals surface area contributed by atoms with Gasteiger partial charge in [-0.2, -0.15) is 0 Å². The van der Waals surface area contributed by atoms with Crippen molar-refractivity contribution < 1.29 is 4.79 Å². The van der Waals surface area contributed by atoms with Crippen molar-refractivity contribution in [1.29, 1.82) is 0 Å². The zero-order valence-electron chi connectivity index (χ0n) is 14.4. The molecule has 1 amide bonds. The zero-order chi connectivity index (χ0) is 18.6. The molecule has 2 aromatic heterocycles. The Morgan fingerprint density at radius 1 is 1.07 bits per heavy atom. The number of para-hydroxylation sites is 2. The van der Waals surface area contributed by atoms with Crippen LogP contribution in [0.4, 0.5) is 0 Å². The summed E-state index contributed by atoms with van der Waals surface area (Å²) in [5.74, 6) is 0.543. The summed E-state index contributed by atoms with van der Waals surface area (Å²) in [7, 11) is 0. The molecule has 0 fully saturated rings. The van der Waals surface area contributed by atoms with E-state index in [1.54, 1.807) is 18.5 Å². The quantitative estimate of drug-likeness (QED) is 0.501. The molecule has 4 aromatic rings. The topological polar surface area (TPSA) is 70.7 Å². The molecular formula is C21H17BrN4O. The molecule has 0 spiro atoms. The Labute approximate surface area is 165 Å². The van der Waals surface area contributed by atoms with Gasteiger partial charge in [0.05, 0.1) is 22.6 Å². The van der Waals surface area contributed by atoms with E-state index in [1.807, 2.05) is 54.6 Å². The second kappa shape index (κ2) is 7.72. The van der Waals surface area contributed by atoms with Crippen molar-refractivity contribution in [1.82, 2.24) is 20.3 Å². The Morgan fingerprint density at radius 2 is 1.85 bits per heavy atom. The van der Waals surface area contributed by atoms with E-state index < -0.39 is 0 Å². The summed E-state index contributed by atoms with van der Waals surface area (Å²) in [5, 5.41) is 3.09. The standard InChI is InChI=1S/C21H17BrN4O/c22-16-11-15(12-23-13-16)21(27)26-19(10-14-6-2-1-3-7-14)20-24-17-8-4-5-9-18(17)25-20/h1-9,11-13,19H,10H2,(H,24,25)(H,26,27)/t19-/m0/s1. The summed E-state index contributed by atoms with van der Waals surface area (Å²) < 4.78 is 0.762. The number of nitrogens with one attached hydrogen (secondary N) is 2. The Balaban J connectivity index is 1.66. The molecule has 0 aliphatic carbocycles. The van der Waals surface area contributed by atoms with Gasteiger partial charge in [0.15, 0.2) is 0 Å². The Bertz CT molecular complexity index is 1040. The molecule has 0 saturated carbocycles. The van der Waals surface area contributed by atoms with Crippen molar-refractivity contribution in [2.45, 2.75) is 12.5 Å². The summed E-state index contributed by atoms with van der Waals surface area (Å²) >= 11 is 3.36. The van der Waals surface area contributed by atoms with Crippen LogP contribution in [0.15, 0.2) is 77.5 Å². The molecule has 27 heavy (non-hydrogen) atoms. The van der Waals surface area contributed by atoms with E-state index in [2.05, 4.69) is 36.2 Å². The van der Waals surface area contributed by atoms with Gasteiger partial charge < -0.3 is 10.3 Å². The van der Waals surface area contributed by atoms with Crippen molar-refractivity contribution in [3.63, 3.8) is 0 Å². The number of amides is 1. The summed E-state index contributed by atoms with van der Waals surface area (Å²) in [6, 6.07) is 19.4. The summed E-state index contributed by atoms with van der Waals surface area (Å²) in [5.41, 5.74) is 3.45. The maximum absolute atomic E-state index is 12.8. The summed E-state index contributed by atoms with van der Waals surface area (Å²) in [6.45, 7) is 0. The Morgan fingerprint density at radius 3 is 2.63 bits per heavy atom. The van der Waals surface area contributed by atoms with Crippen LogP contribution in [-0.2, 0) is 6.42 Å². The molecule has 2 aromatic carbocycles. The minimum absolute atomic E-state index is 0.190. The fourth-order valence-corrected chi connectivity index (χ4v) is 3.35. The molecule has 1 atom stereocenters. The zero-order valence-corrected chi connectivity index (χ0v) is 16.0. The second-order valence-electron chi connectivity index (χ2n) is 6.25. The number of H-pyrrole nitrogens is 1. The highest BCUT2D eigenvalue weighted by atomic mass is 79.9. The van der Waals surface area contributed by atoms with Gasteiger partial charge in [0.1, 0.15) is 5.82 Å². The number of nitrogens with zero attached hydrogens (tertiary/aromatic N) is 2. The Hall–Kier alpha value is -2.99. The number of rotatable bonds is 5. The SMILES string of the molecule is O=C(N[C@@H](Cc1ccccc1)c1nc2ccccc2[nH]1)c1cncc(Br)c1. The van der Waals surface area contributed by atoms with E-state index in [4.69, 9.17) is 0 Å². The van der Waals surface area contributed by atoms with Crippen LogP contribution >= 0.6 is 15.9 Å². The highest BCUT2D eigenvalue weighted by Crippen LogP contribution is 2.21. The number of benzene rings is 2. The largest absolute Gasteiger partial charge is 0.342 e. The molecule has 0 aliphatic heterocycles. The third kappa shape index (κ3) is 4.06. The first-order valence-corrected chi connectivity index (χ1v) is 9.38. The van der Waals surface area contributed by atoms with Gasteiger partial charge in [-0.3, -0.25) is 9.78 Å². The van der Waals surface area contributed by atoms with E-state index in [9.17, 15) is 4.79 Å². The van der Waals surface area contributed by atoms with Crippen LogP contribution in [-0.4, -0.2) is 20.9 Å². The lowest BCUT2D eigenvalue weighted by atomic mass is 10.0. The van der Waals surface area contributed by atoms with Gasteiger partial charge in [0.2, 0.25) is 0 Å². The van der Waals surface area contributed by atoms with Crippen molar-refractivity contribution in [3.8, 4) is 0 Å². The lowest BCUT2D eigenvalue weighted by Gasteiger charge is -2.17.